The highest BCUT2D eigenvalue weighted by Gasteiger charge is 2.35. The quantitative estimate of drug-likeness (QED) is 0.151. The van der Waals surface area contributed by atoms with Gasteiger partial charge in [0.15, 0.2) is 4.80 Å². The van der Waals surface area contributed by atoms with Gasteiger partial charge in [0.05, 0.1) is 39.0 Å². The third kappa shape index (κ3) is 5.68. The molecule has 10 nitrogen and oxygen atoms in total. The summed E-state index contributed by atoms with van der Waals surface area (Å²) in [5.74, 6) is 0.633. The number of thiazole rings is 1. The first-order valence-corrected chi connectivity index (χ1v) is 14.6. The molecule has 0 radical (unpaired) electrons. The fourth-order valence-corrected chi connectivity index (χ4v) is 6.03. The van der Waals surface area contributed by atoms with Crippen molar-refractivity contribution in [2.75, 3.05) is 6.61 Å². The highest BCUT2D eigenvalue weighted by atomic mass is 32.1. The molecule has 0 aliphatic carbocycles. The highest BCUT2D eigenvalue weighted by molar-refractivity contribution is 7.07. The lowest BCUT2D eigenvalue weighted by Crippen LogP contribution is -2.40. The fraction of sp³-hybridized carbons (Fsp3) is 0.281. The van der Waals surface area contributed by atoms with E-state index in [2.05, 4.69) is 4.99 Å². The number of aryl methyl sites for hydroxylation is 2. The molecule has 0 spiro atoms. The lowest BCUT2D eigenvalue weighted by Gasteiger charge is -2.26. The van der Waals surface area contributed by atoms with Gasteiger partial charge in [0, 0.05) is 17.7 Å². The maximum Gasteiger partial charge on any atom is 0.338 e. The summed E-state index contributed by atoms with van der Waals surface area (Å²) in [7, 11) is 0. The Morgan fingerprint density at radius 1 is 1.16 bits per heavy atom. The van der Waals surface area contributed by atoms with E-state index in [1.165, 1.54) is 10.6 Å². The van der Waals surface area contributed by atoms with Gasteiger partial charge in [-0.1, -0.05) is 29.5 Å². The first kappa shape index (κ1) is 29.7. The minimum absolute atomic E-state index is 0.0624. The number of carbonyl (C=O) groups excluding carboxylic acids is 1. The van der Waals surface area contributed by atoms with Crippen molar-refractivity contribution < 1.29 is 23.6 Å². The molecule has 11 heteroatoms. The number of esters is 1. The van der Waals surface area contributed by atoms with Crippen LogP contribution in [0.3, 0.4) is 0 Å². The Hall–Kier alpha value is -4.77. The van der Waals surface area contributed by atoms with Gasteiger partial charge in [0.2, 0.25) is 0 Å². The second-order valence-electron chi connectivity index (χ2n) is 10.4. The van der Waals surface area contributed by atoms with E-state index in [-0.39, 0.29) is 29.5 Å². The van der Waals surface area contributed by atoms with Crippen molar-refractivity contribution in [3.8, 4) is 17.1 Å². The van der Waals surface area contributed by atoms with E-state index in [0.717, 1.165) is 22.5 Å². The topological polar surface area (TPSA) is 126 Å². The molecule has 5 rings (SSSR count). The molecule has 1 atom stereocenters. The van der Waals surface area contributed by atoms with E-state index < -0.39 is 16.9 Å². The highest BCUT2D eigenvalue weighted by Crippen LogP contribution is 2.37. The number of nitro benzene ring substituents is 1. The maximum atomic E-state index is 14.0. The molecule has 1 aliphatic heterocycles. The van der Waals surface area contributed by atoms with Crippen molar-refractivity contribution in [1.82, 2.24) is 4.57 Å². The first-order chi connectivity index (χ1) is 20.5. The second kappa shape index (κ2) is 11.8. The third-order valence-electron chi connectivity index (χ3n) is 7.07. The van der Waals surface area contributed by atoms with Crippen LogP contribution in [-0.2, 0) is 9.53 Å². The fourth-order valence-electron chi connectivity index (χ4n) is 5.01. The zero-order valence-electron chi connectivity index (χ0n) is 24.7. The summed E-state index contributed by atoms with van der Waals surface area (Å²) in [6, 6.07) is 13.0. The van der Waals surface area contributed by atoms with Crippen LogP contribution in [0.25, 0.3) is 17.4 Å². The molecule has 3 heterocycles. The number of allylic oxidation sites excluding steroid dienone is 1. The Balaban J connectivity index is 1.67. The van der Waals surface area contributed by atoms with Crippen molar-refractivity contribution in [2.45, 2.75) is 53.7 Å². The van der Waals surface area contributed by atoms with Gasteiger partial charge in [0.1, 0.15) is 23.3 Å². The largest absolute Gasteiger partial charge is 0.491 e. The lowest BCUT2D eigenvalue weighted by molar-refractivity contribution is -0.384. The SMILES string of the molecule is CCOC(=O)C1=C(C)N=c2s/c(=C/c3ccc(-c4cc(C)c(C)cc4[N+](=O)[O-])o3)c(=O)n2[C@H]1c1ccccc1OC(C)C. The molecular weight excluding hydrogens is 570 g/mol. The molecular formula is C32H31N3O7S. The van der Waals surface area contributed by atoms with Gasteiger partial charge < -0.3 is 13.9 Å². The summed E-state index contributed by atoms with van der Waals surface area (Å²) < 4.78 is 19.3. The molecule has 0 amide bonds. The molecule has 0 N–H and O–H groups in total. The number of para-hydroxylation sites is 1. The normalized spacial score (nSPS) is 15.0. The Labute approximate surface area is 251 Å². The van der Waals surface area contributed by atoms with Gasteiger partial charge in [-0.3, -0.25) is 19.5 Å². The number of hydrogen-bond acceptors (Lipinski definition) is 9. The molecule has 0 saturated carbocycles. The predicted molar refractivity (Wildman–Crippen MR) is 163 cm³/mol. The molecule has 2 aromatic carbocycles. The summed E-state index contributed by atoms with van der Waals surface area (Å²) in [5.41, 5.74) is 2.93. The van der Waals surface area contributed by atoms with Crippen LogP contribution in [0.2, 0.25) is 0 Å². The number of furan rings is 1. The zero-order valence-corrected chi connectivity index (χ0v) is 25.5. The molecule has 0 unspecified atom stereocenters. The number of nitrogens with zero attached hydrogens (tertiary/aromatic N) is 3. The van der Waals surface area contributed by atoms with Crippen LogP contribution in [0, 0.1) is 24.0 Å². The Kier molecular flexibility index (Phi) is 8.19. The monoisotopic (exact) mass is 601 g/mol. The third-order valence-corrected chi connectivity index (χ3v) is 8.05. The molecule has 2 aromatic heterocycles. The van der Waals surface area contributed by atoms with Gasteiger partial charge in [-0.2, -0.15) is 0 Å². The summed E-state index contributed by atoms with van der Waals surface area (Å²) in [4.78, 5) is 43.6. The lowest BCUT2D eigenvalue weighted by atomic mass is 9.95. The Morgan fingerprint density at radius 2 is 1.88 bits per heavy atom. The average Bonchev–Trinajstić information content (AvgIpc) is 3.53. The van der Waals surface area contributed by atoms with Crippen LogP contribution in [0.5, 0.6) is 5.75 Å². The van der Waals surface area contributed by atoms with Crippen LogP contribution in [0.15, 0.2) is 74.0 Å². The minimum atomic E-state index is -0.835. The molecule has 0 fully saturated rings. The average molecular weight is 602 g/mol. The predicted octanol–water partition coefficient (Wildman–Crippen LogP) is 5.37. The zero-order chi connectivity index (χ0) is 31.0. The van der Waals surface area contributed by atoms with Crippen molar-refractivity contribution in [3.05, 3.63) is 112 Å². The van der Waals surface area contributed by atoms with Gasteiger partial charge in [-0.25, -0.2) is 9.79 Å². The number of benzene rings is 2. The molecule has 43 heavy (non-hydrogen) atoms. The summed E-state index contributed by atoms with van der Waals surface area (Å²) in [6.07, 6.45) is 1.44. The first-order valence-electron chi connectivity index (χ1n) is 13.8. The molecule has 1 aliphatic rings. The van der Waals surface area contributed by atoms with Crippen LogP contribution in [0.1, 0.15) is 56.2 Å². The van der Waals surface area contributed by atoms with Crippen molar-refractivity contribution in [2.24, 2.45) is 4.99 Å². The minimum Gasteiger partial charge on any atom is -0.491 e. The van der Waals surface area contributed by atoms with E-state index in [1.807, 2.05) is 45.9 Å². The van der Waals surface area contributed by atoms with Crippen LogP contribution >= 0.6 is 11.3 Å². The second-order valence-corrected chi connectivity index (χ2v) is 11.4. The number of nitro groups is 1. The van der Waals surface area contributed by atoms with E-state index in [0.29, 0.717) is 43.4 Å². The van der Waals surface area contributed by atoms with Gasteiger partial charge in [-0.15, -0.1) is 0 Å². The van der Waals surface area contributed by atoms with E-state index in [1.54, 1.807) is 44.2 Å². The van der Waals surface area contributed by atoms with Gasteiger partial charge >= 0.3 is 5.97 Å². The number of ether oxygens (including phenoxy) is 2. The number of rotatable bonds is 8. The maximum absolute atomic E-state index is 14.0. The van der Waals surface area contributed by atoms with E-state index in [9.17, 15) is 19.7 Å². The van der Waals surface area contributed by atoms with Gasteiger partial charge in [-0.05, 0) is 76.9 Å². The Bertz CT molecular complexity index is 1960. The number of hydrogen-bond donors (Lipinski definition) is 0. The van der Waals surface area contributed by atoms with E-state index >= 15 is 0 Å². The standard InChI is InChI=1S/C32H31N3O7S/c1-7-40-31(37)28-20(6)33-32-34(29(28)22-10-8-9-11-25(22)41-17(2)3)30(36)27(43-32)16-21-12-13-26(42-21)23-14-18(4)19(5)15-24(23)35(38)39/h8-17,29H,7H2,1-6H3/b27-16+/t29-/m0/s1. The number of aromatic nitrogens is 1. The van der Waals surface area contributed by atoms with Crippen LogP contribution in [-0.4, -0.2) is 28.2 Å². The Morgan fingerprint density at radius 3 is 2.58 bits per heavy atom. The van der Waals surface area contributed by atoms with Crippen molar-refractivity contribution in [1.29, 1.82) is 0 Å². The van der Waals surface area contributed by atoms with E-state index in [4.69, 9.17) is 13.9 Å². The molecule has 0 saturated heterocycles. The smallest absolute Gasteiger partial charge is 0.338 e. The summed E-state index contributed by atoms with van der Waals surface area (Å²) in [5, 5.41) is 11.7. The van der Waals surface area contributed by atoms with Gasteiger partial charge in [0.25, 0.3) is 11.2 Å². The van der Waals surface area contributed by atoms with Crippen LogP contribution < -0.4 is 19.6 Å². The van der Waals surface area contributed by atoms with Crippen molar-refractivity contribution in [3.63, 3.8) is 0 Å². The number of fused-ring (bicyclic) bond motifs is 1. The van der Waals surface area contributed by atoms with Crippen molar-refractivity contribution >= 4 is 29.1 Å². The summed E-state index contributed by atoms with van der Waals surface area (Å²) in [6.45, 7) is 11.1. The molecule has 0 bridgehead atoms. The number of carbonyl (C=O) groups is 1. The summed E-state index contributed by atoms with van der Waals surface area (Å²) >= 11 is 1.16. The molecule has 4 aromatic rings. The van der Waals surface area contributed by atoms with Crippen LogP contribution in [0.4, 0.5) is 5.69 Å². The molecule has 222 valence electrons.